The average molecular weight is 405 g/mol. The number of nitrogens with zero attached hydrogens (tertiary/aromatic N) is 3. The van der Waals surface area contributed by atoms with Crippen LogP contribution >= 0.6 is 11.3 Å². The molecular formula is C21H15N3O4S. The van der Waals surface area contributed by atoms with Crippen molar-refractivity contribution in [1.29, 1.82) is 0 Å². The normalized spacial score (nSPS) is 13.7. The van der Waals surface area contributed by atoms with Gasteiger partial charge in [-0.2, -0.15) is 4.99 Å². The van der Waals surface area contributed by atoms with Crippen LogP contribution in [-0.4, -0.2) is 40.8 Å². The third-order valence-electron chi connectivity index (χ3n) is 4.53. The van der Waals surface area contributed by atoms with Crippen LogP contribution in [0.4, 0.5) is 0 Å². The second-order valence-corrected chi connectivity index (χ2v) is 7.24. The Labute approximate surface area is 169 Å². The summed E-state index contributed by atoms with van der Waals surface area (Å²) in [5.74, 6) is 1.56. The molecule has 29 heavy (non-hydrogen) atoms. The summed E-state index contributed by atoms with van der Waals surface area (Å²) in [6.07, 6.45) is 5.49. The molecule has 0 spiro atoms. The lowest BCUT2D eigenvalue weighted by Crippen LogP contribution is -2.35. The van der Waals surface area contributed by atoms with Crippen LogP contribution in [-0.2, 0) is 11.3 Å². The maximum Gasteiger partial charge on any atom is 0.268 e. The average Bonchev–Trinajstić information content (AvgIpc) is 3.19. The van der Waals surface area contributed by atoms with Crippen molar-refractivity contribution in [2.75, 3.05) is 13.7 Å². The van der Waals surface area contributed by atoms with Crippen molar-refractivity contribution in [1.82, 2.24) is 9.47 Å². The largest absolute Gasteiger partial charge is 0.495 e. The molecule has 2 heterocycles. The first-order chi connectivity index (χ1) is 14.0. The predicted octanol–water partition coefficient (Wildman–Crippen LogP) is 2.07. The number of amides is 3. The highest BCUT2D eigenvalue weighted by molar-refractivity contribution is 7.16. The molecule has 4 rings (SSSR count). The van der Waals surface area contributed by atoms with Gasteiger partial charge in [-0.15, -0.1) is 6.42 Å². The fraction of sp³-hybridized carbons (Fsp3) is 0.143. The number of carbonyl (C=O) groups is 3. The zero-order valence-corrected chi connectivity index (χ0v) is 16.2. The van der Waals surface area contributed by atoms with Crippen LogP contribution in [0.15, 0.2) is 47.5 Å². The number of ether oxygens (including phenoxy) is 1. The number of hydrogen-bond acceptors (Lipinski definition) is 5. The monoisotopic (exact) mass is 405 g/mol. The molecule has 0 bridgehead atoms. The van der Waals surface area contributed by atoms with Gasteiger partial charge in [0.25, 0.3) is 17.7 Å². The predicted molar refractivity (Wildman–Crippen MR) is 108 cm³/mol. The first-order valence-corrected chi connectivity index (χ1v) is 9.49. The molecule has 8 heteroatoms. The van der Waals surface area contributed by atoms with Crippen molar-refractivity contribution < 1.29 is 19.1 Å². The SMILES string of the molecule is C#CCn1c(=NC(=O)CN2C(=O)c3ccccc3C2=O)sc2cccc(OC)c21. The number of rotatable bonds is 4. The maximum atomic E-state index is 12.6. The number of methoxy groups -OCH3 is 1. The summed E-state index contributed by atoms with van der Waals surface area (Å²) in [6, 6.07) is 12.0. The van der Waals surface area contributed by atoms with E-state index in [1.165, 1.54) is 11.3 Å². The Morgan fingerprint density at radius 2 is 1.83 bits per heavy atom. The van der Waals surface area contributed by atoms with Gasteiger partial charge in [-0.1, -0.05) is 35.5 Å². The number of terminal acetylenes is 1. The second-order valence-electron chi connectivity index (χ2n) is 6.23. The van der Waals surface area contributed by atoms with Crippen molar-refractivity contribution in [3.8, 4) is 18.1 Å². The third kappa shape index (κ3) is 3.11. The number of para-hydroxylation sites is 1. The smallest absolute Gasteiger partial charge is 0.268 e. The number of thiazole rings is 1. The molecule has 1 aliphatic heterocycles. The lowest BCUT2D eigenvalue weighted by molar-refractivity contribution is -0.118. The summed E-state index contributed by atoms with van der Waals surface area (Å²) in [6.45, 7) is -0.243. The Kier molecular flexibility index (Phi) is 4.74. The van der Waals surface area contributed by atoms with E-state index < -0.39 is 24.3 Å². The van der Waals surface area contributed by atoms with Gasteiger partial charge in [0, 0.05) is 0 Å². The summed E-state index contributed by atoms with van der Waals surface area (Å²) in [7, 11) is 1.55. The van der Waals surface area contributed by atoms with Gasteiger partial charge in [0.1, 0.15) is 17.8 Å². The Morgan fingerprint density at radius 1 is 1.14 bits per heavy atom. The van der Waals surface area contributed by atoms with Crippen molar-refractivity contribution in [2.45, 2.75) is 6.54 Å². The quantitative estimate of drug-likeness (QED) is 0.492. The van der Waals surface area contributed by atoms with E-state index in [1.54, 1.807) is 42.0 Å². The van der Waals surface area contributed by atoms with E-state index in [4.69, 9.17) is 11.2 Å². The topological polar surface area (TPSA) is 81.0 Å². The third-order valence-corrected chi connectivity index (χ3v) is 5.57. The molecule has 3 aromatic rings. The molecule has 0 N–H and O–H groups in total. The van der Waals surface area contributed by atoms with Crippen LogP contribution in [0.2, 0.25) is 0 Å². The number of fused-ring (bicyclic) bond motifs is 2. The summed E-state index contributed by atoms with van der Waals surface area (Å²) in [5, 5.41) is 0. The van der Waals surface area contributed by atoms with Gasteiger partial charge in [0.05, 0.1) is 29.5 Å². The van der Waals surface area contributed by atoms with Crippen LogP contribution in [0, 0.1) is 12.3 Å². The Balaban J connectivity index is 1.70. The van der Waals surface area contributed by atoms with Gasteiger partial charge < -0.3 is 9.30 Å². The van der Waals surface area contributed by atoms with Crippen molar-refractivity contribution in [3.05, 3.63) is 58.4 Å². The minimum absolute atomic E-state index is 0.194. The molecule has 0 radical (unpaired) electrons. The molecule has 1 aromatic heterocycles. The van der Waals surface area contributed by atoms with Gasteiger partial charge in [0.2, 0.25) is 0 Å². The van der Waals surface area contributed by atoms with E-state index in [-0.39, 0.29) is 6.54 Å². The number of aromatic nitrogens is 1. The number of carbonyl (C=O) groups excluding carboxylic acids is 3. The van der Waals surface area contributed by atoms with Gasteiger partial charge in [-0.3, -0.25) is 19.3 Å². The molecule has 0 saturated heterocycles. The highest BCUT2D eigenvalue weighted by Crippen LogP contribution is 2.27. The molecule has 3 amide bonds. The molecule has 0 unspecified atom stereocenters. The molecule has 1 aliphatic rings. The summed E-state index contributed by atoms with van der Waals surface area (Å²) in [5.41, 5.74) is 1.32. The Morgan fingerprint density at radius 3 is 2.45 bits per heavy atom. The molecular weight excluding hydrogens is 390 g/mol. The standard InChI is InChI=1S/C21H15N3O4S/c1-3-11-23-18-15(28-2)9-6-10-16(18)29-21(23)22-17(25)12-24-19(26)13-7-4-5-8-14(13)20(24)27/h1,4-10H,11-12H2,2H3. The van der Waals surface area contributed by atoms with Crippen LogP contribution in [0.5, 0.6) is 5.75 Å². The Hall–Kier alpha value is -3.70. The minimum Gasteiger partial charge on any atom is -0.495 e. The molecule has 0 aliphatic carbocycles. The summed E-state index contributed by atoms with van der Waals surface area (Å²) in [4.78, 5) is 42.9. The van der Waals surface area contributed by atoms with E-state index in [2.05, 4.69) is 10.9 Å². The number of hydrogen-bond donors (Lipinski definition) is 0. The lowest BCUT2D eigenvalue weighted by atomic mass is 10.1. The summed E-state index contributed by atoms with van der Waals surface area (Å²) >= 11 is 1.28. The molecule has 0 atom stereocenters. The number of imide groups is 1. The molecule has 144 valence electrons. The zero-order chi connectivity index (χ0) is 20.5. The van der Waals surface area contributed by atoms with Crippen LogP contribution in [0.1, 0.15) is 20.7 Å². The first kappa shape index (κ1) is 18.7. The highest BCUT2D eigenvalue weighted by atomic mass is 32.1. The van der Waals surface area contributed by atoms with Gasteiger partial charge in [-0.25, -0.2) is 0 Å². The lowest BCUT2D eigenvalue weighted by Gasteiger charge is -2.10. The van der Waals surface area contributed by atoms with Crippen molar-refractivity contribution >= 4 is 39.3 Å². The fourth-order valence-electron chi connectivity index (χ4n) is 3.25. The Bertz CT molecular complexity index is 1240. The van der Waals surface area contributed by atoms with E-state index in [0.29, 0.717) is 21.7 Å². The van der Waals surface area contributed by atoms with Gasteiger partial charge in [0.15, 0.2) is 4.80 Å². The summed E-state index contributed by atoms with van der Waals surface area (Å²) < 4.78 is 7.96. The van der Waals surface area contributed by atoms with Crippen molar-refractivity contribution in [3.63, 3.8) is 0 Å². The first-order valence-electron chi connectivity index (χ1n) is 8.67. The number of benzene rings is 2. The van der Waals surface area contributed by atoms with Crippen LogP contribution < -0.4 is 9.54 Å². The fourth-order valence-corrected chi connectivity index (χ4v) is 4.31. The zero-order valence-electron chi connectivity index (χ0n) is 15.4. The minimum atomic E-state index is -0.615. The van der Waals surface area contributed by atoms with E-state index in [1.807, 2.05) is 12.1 Å². The molecule has 7 nitrogen and oxygen atoms in total. The highest BCUT2D eigenvalue weighted by Gasteiger charge is 2.36. The van der Waals surface area contributed by atoms with E-state index in [9.17, 15) is 14.4 Å². The van der Waals surface area contributed by atoms with E-state index in [0.717, 1.165) is 15.1 Å². The van der Waals surface area contributed by atoms with Crippen LogP contribution in [0.3, 0.4) is 0 Å². The molecule has 2 aromatic carbocycles. The van der Waals surface area contributed by atoms with Crippen molar-refractivity contribution in [2.24, 2.45) is 4.99 Å². The molecule has 0 saturated carbocycles. The van der Waals surface area contributed by atoms with Gasteiger partial charge >= 0.3 is 0 Å². The second kappa shape index (κ2) is 7.37. The maximum absolute atomic E-state index is 12.6. The van der Waals surface area contributed by atoms with Crippen LogP contribution in [0.25, 0.3) is 10.2 Å². The molecule has 0 fully saturated rings. The van der Waals surface area contributed by atoms with E-state index >= 15 is 0 Å². The van der Waals surface area contributed by atoms with Gasteiger partial charge in [-0.05, 0) is 24.3 Å².